The van der Waals surface area contributed by atoms with Crippen molar-refractivity contribution in [2.75, 3.05) is 11.5 Å². The van der Waals surface area contributed by atoms with Gasteiger partial charge < -0.3 is 0 Å². The van der Waals surface area contributed by atoms with E-state index < -0.39 is 10.8 Å². The largest absolute Gasteiger partial charge is 0.259 e. The minimum Gasteiger partial charge on any atom is -0.259 e. The second-order valence-electron chi connectivity index (χ2n) is 3.15. The van der Waals surface area contributed by atoms with Crippen molar-refractivity contribution >= 4 is 10.8 Å². The first-order valence-corrected chi connectivity index (χ1v) is 5.93. The number of hydrogen-bond donors (Lipinski definition) is 0. The van der Waals surface area contributed by atoms with E-state index in [1.807, 2.05) is 0 Å². The van der Waals surface area contributed by atoms with Gasteiger partial charge in [0.1, 0.15) is 0 Å². The zero-order valence-corrected chi connectivity index (χ0v) is 8.62. The highest BCUT2D eigenvalue weighted by atomic mass is 32.2. The summed E-state index contributed by atoms with van der Waals surface area (Å²) in [4.78, 5) is 0. The second kappa shape index (κ2) is 4.61. The normalized spacial score (nSPS) is 25.3. The van der Waals surface area contributed by atoms with Crippen LogP contribution >= 0.6 is 0 Å². The topological polar surface area (TPSA) is 17.1 Å². The number of rotatable bonds is 2. The molecule has 12 heavy (non-hydrogen) atoms. The van der Waals surface area contributed by atoms with Crippen LogP contribution in [0.3, 0.4) is 0 Å². The van der Waals surface area contributed by atoms with Crippen molar-refractivity contribution in [3.8, 4) is 0 Å². The summed E-state index contributed by atoms with van der Waals surface area (Å²) < 4.78 is 11.2. The molecule has 0 saturated heterocycles. The molecule has 0 bridgehead atoms. The Kier molecular flexibility index (Phi) is 3.73. The monoisotopic (exact) mass is 184 g/mol. The highest BCUT2D eigenvalue weighted by Gasteiger charge is 2.11. The maximum atomic E-state index is 11.2. The van der Waals surface area contributed by atoms with Crippen molar-refractivity contribution in [2.24, 2.45) is 0 Å². The average Bonchev–Trinajstić information content (AvgIpc) is 2.07. The van der Waals surface area contributed by atoms with Gasteiger partial charge in [-0.3, -0.25) is 4.21 Å². The molecule has 0 N–H and O–H groups in total. The summed E-state index contributed by atoms with van der Waals surface area (Å²) in [6.45, 7) is 4.26. The van der Waals surface area contributed by atoms with Crippen LogP contribution in [0.5, 0.6) is 0 Å². The predicted molar refractivity (Wildman–Crippen MR) is 54.6 cm³/mol. The Morgan fingerprint density at radius 2 is 2.33 bits per heavy atom. The van der Waals surface area contributed by atoms with Gasteiger partial charge in [-0.2, -0.15) is 0 Å². The van der Waals surface area contributed by atoms with Crippen LogP contribution in [-0.4, -0.2) is 15.7 Å². The van der Waals surface area contributed by atoms with E-state index in [4.69, 9.17) is 0 Å². The summed E-state index contributed by atoms with van der Waals surface area (Å²) in [5.41, 5.74) is 2.71. The number of hydrogen-bond acceptors (Lipinski definition) is 1. The zero-order chi connectivity index (χ0) is 8.97. The standard InChI is InChI=1S/C10H16OS/c1-3-4-5-10-8-12(11)7-6-9(10)2/h4-5H,3,6-8H2,1-2H3/b5-4-. The van der Waals surface area contributed by atoms with E-state index in [-0.39, 0.29) is 0 Å². The maximum Gasteiger partial charge on any atom is 0.0485 e. The Balaban J connectivity index is 2.71. The molecule has 0 amide bonds. The molecule has 68 valence electrons. The van der Waals surface area contributed by atoms with Gasteiger partial charge in [-0.25, -0.2) is 0 Å². The van der Waals surface area contributed by atoms with E-state index in [0.717, 1.165) is 24.3 Å². The highest BCUT2D eigenvalue weighted by Crippen LogP contribution is 2.17. The first kappa shape index (κ1) is 9.72. The van der Waals surface area contributed by atoms with Crippen molar-refractivity contribution in [1.29, 1.82) is 0 Å². The van der Waals surface area contributed by atoms with Crippen LogP contribution in [0.1, 0.15) is 26.7 Å². The summed E-state index contributed by atoms with van der Waals surface area (Å²) in [6, 6.07) is 0. The van der Waals surface area contributed by atoms with Crippen molar-refractivity contribution in [3.05, 3.63) is 23.3 Å². The minimum atomic E-state index is -0.604. The van der Waals surface area contributed by atoms with Crippen LogP contribution < -0.4 is 0 Å². The van der Waals surface area contributed by atoms with Crippen LogP contribution in [0.25, 0.3) is 0 Å². The molecule has 2 heteroatoms. The second-order valence-corrected chi connectivity index (χ2v) is 4.73. The van der Waals surface area contributed by atoms with E-state index in [1.54, 1.807) is 0 Å². The van der Waals surface area contributed by atoms with E-state index in [0.29, 0.717) is 0 Å². The van der Waals surface area contributed by atoms with Crippen LogP contribution in [0, 0.1) is 0 Å². The molecule has 0 aromatic heterocycles. The van der Waals surface area contributed by atoms with E-state index in [1.165, 1.54) is 11.1 Å². The Labute approximate surface area is 77.0 Å². The maximum absolute atomic E-state index is 11.2. The van der Waals surface area contributed by atoms with Crippen molar-refractivity contribution < 1.29 is 4.21 Å². The summed E-state index contributed by atoms with van der Waals surface area (Å²) in [6.07, 6.45) is 6.34. The lowest BCUT2D eigenvalue weighted by Crippen LogP contribution is -2.12. The Morgan fingerprint density at radius 3 is 3.00 bits per heavy atom. The molecule has 0 aromatic rings. The van der Waals surface area contributed by atoms with Crippen molar-refractivity contribution in [2.45, 2.75) is 26.7 Å². The molecule has 1 rings (SSSR count). The van der Waals surface area contributed by atoms with Crippen molar-refractivity contribution in [3.63, 3.8) is 0 Å². The van der Waals surface area contributed by atoms with Gasteiger partial charge in [0.2, 0.25) is 0 Å². The molecule has 0 aliphatic carbocycles. The first-order chi connectivity index (χ1) is 5.74. The fraction of sp³-hybridized carbons (Fsp3) is 0.600. The summed E-state index contributed by atoms with van der Waals surface area (Å²) in [7, 11) is -0.604. The van der Waals surface area contributed by atoms with Gasteiger partial charge in [-0.05, 0) is 25.3 Å². The fourth-order valence-electron chi connectivity index (χ4n) is 1.25. The van der Waals surface area contributed by atoms with Gasteiger partial charge in [0.05, 0.1) is 0 Å². The van der Waals surface area contributed by atoms with E-state index >= 15 is 0 Å². The molecule has 0 saturated carbocycles. The molecule has 1 atom stereocenters. The van der Waals surface area contributed by atoms with Crippen molar-refractivity contribution in [1.82, 2.24) is 0 Å². The van der Waals surface area contributed by atoms with Gasteiger partial charge in [-0.15, -0.1) is 0 Å². The summed E-state index contributed by atoms with van der Waals surface area (Å²) >= 11 is 0. The minimum absolute atomic E-state index is 0.604. The molecular weight excluding hydrogens is 168 g/mol. The molecule has 0 spiro atoms. The van der Waals surface area contributed by atoms with Gasteiger partial charge >= 0.3 is 0 Å². The zero-order valence-electron chi connectivity index (χ0n) is 7.80. The van der Waals surface area contributed by atoms with Crippen LogP contribution in [0.15, 0.2) is 23.3 Å². The Morgan fingerprint density at radius 1 is 1.58 bits per heavy atom. The molecule has 0 aromatic carbocycles. The van der Waals surface area contributed by atoms with Crippen LogP contribution in [-0.2, 0) is 10.8 Å². The lowest BCUT2D eigenvalue weighted by Gasteiger charge is -2.14. The smallest absolute Gasteiger partial charge is 0.0485 e. The number of allylic oxidation sites excluding steroid dienone is 3. The third-order valence-corrected chi connectivity index (χ3v) is 3.42. The van der Waals surface area contributed by atoms with E-state index in [2.05, 4.69) is 26.0 Å². The van der Waals surface area contributed by atoms with Gasteiger partial charge in [0, 0.05) is 22.3 Å². The summed E-state index contributed by atoms with van der Waals surface area (Å²) in [5, 5.41) is 0. The third-order valence-electron chi connectivity index (χ3n) is 2.12. The third kappa shape index (κ3) is 2.59. The Bertz CT molecular complexity index is 238. The molecule has 0 radical (unpaired) electrons. The fourth-order valence-corrected chi connectivity index (χ4v) is 2.61. The molecule has 0 fully saturated rings. The van der Waals surface area contributed by atoms with Gasteiger partial charge in [0.25, 0.3) is 0 Å². The molecule has 1 aliphatic rings. The highest BCUT2D eigenvalue weighted by molar-refractivity contribution is 7.85. The Hall–Kier alpha value is -0.370. The van der Waals surface area contributed by atoms with E-state index in [9.17, 15) is 4.21 Å². The quantitative estimate of drug-likeness (QED) is 0.644. The predicted octanol–water partition coefficient (Wildman–Crippen LogP) is 2.42. The molecule has 1 unspecified atom stereocenters. The van der Waals surface area contributed by atoms with Gasteiger partial charge in [-0.1, -0.05) is 24.6 Å². The molecular formula is C10H16OS. The lowest BCUT2D eigenvalue weighted by molar-refractivity contribution is 0.682. The molecule has 1 aliphatic heterocycles. The van der Waals surface area contributed by atoms with Crippen LogP contribution in [0.2, 0.25) is 0 Å². The first-order valence-electron chi connectivity index (χ1n) is 4.44. The molecule has 1 heterocycles. The average molecular weight is 184 g/mol. The lowest BCUT2D eigenvalue weighted by atomic mass is 10.1. The van der Waals surface area contributed by atoms with Crippen LogP contribution in [0.4, 0.5) is 0 Å². The molecule has 1 nitrogen and oxygen atoms in total. The van der Waals surface area contributed by atoms with Gasteiger partial charge in [0.15, 0.2) is 0 Å². The SMILES string of the molecule is CC/C=C\C1=C(C)CCS(=O)C1. The summed E-state index contributed by atoms with van der Waals surface area (Å²) in [5.74, 6) is 1.62.